The quantitative estimate of drug-likeness (QED) is 0.452. The van der Waals surface area contributed by atoms with E-state index in [0.717, 1.165) is 28.6 Å². The molecule has 120 valence electrons. The fourth-order valence-electron chi connectivity index (χ4n) is 2.47. The van der Waals surface area contributed by atoms with Gasteiger partial charge in [0.2, 0.25) is 0 Å². The molecule has 0 saturated carbocycles. The highest BCUT2D eigenvalue weighted by molar-refractivity contribution is 9.09. The highest BCUT2D eigenvalue weighted by Crippen LogP contribution is 2.35. The molecule has 1 aromatic carbocycles. The Hall–Kier alpha value is -0.220. The zero-order valence-electron chi connectivity index (χ0n) is 13.2. The third kappa shape index (κ3) is 6.19. The maximum atomic E-state index is 5.96. The van der Waals surface area contributed by atoms with Crippen LogP contribution in [0, 0.1) is 11.3 Å². The Kier molecular flexibility index (Phi) is 8.72. The van der Waals surface area contributed by atoms with Crippen molar-refractivity contribution in [3.8, 4) is 11.5 Å². The van der Waals surface area contributed by atoms with Gasteiger partial charge in [0.25, 0.3) is 0 Å². The minimum absolute atomic E-state index is 0.245. The van der Waals surface area contributed by atoms with Crippen LogP contribution >= 0.6 is 31.9 Å². The molecule has 0 aliphatic rings. The Morgan fingerprint density at radius 3 is 2.10 bits per heavy atom. The van der Waals surface area contributed by atoms with Crippen molar-refractivity contribution in [2.45, 2.75) is 33.6 Å². The van der Waals surface area contributed by atoms with E-state index >= 15 is 0 Å². The Morgan fingerprint density at radius 1 is 1.05 bits per heavy atom. The standard InChI is InChI=1S/C17H26Br2O2/c1-4-20-15-7-5-6-8-16(15)21-10-9-17(12-18,13-19)11-14(2)3/h5-8,14H,4,9-13H2,1-3H3. The van der Waals surface area contributed by atoms with Gasteiger partial charge in [-0.15, -0.1) is 0 Å². The first kappa shape index (κ1) is 18.8. The van der Waals surface area contributed by atoms with Gasteiger partial charge in [0.15, 0.2) is 11.5 Å². The zero-order chi connectivity index (χ0) is 15.7. The average molecular weight is 422 g/mol. The summed E-state index contributed by atoms with van der Waals surface area (Å²) in [6.07, 6.45) is 2.20. The summed E-state index contributed by atoms with van der Waals surface area (Å²) in [5, 5.41) is 1.97. The summed E-state index contributed by atoms with van der Waals surface area (Å²) in [5.74, 6) is 2.34. The summed E-state index contributed by atoms with van der Waals surface area (Å²) < 4.78 is 11.6. The Labute approximate surface area is 145 Å². The molecule has 21 heavy (non-hydrogen) atoms. The van der Waals surface area contributed by atoms with Crippen LogP contribution < -0.4 is 9.47 Å². The highest BCUT2D eigenvalue weighted by Gasteiger charge is 2.28. The van der Waals surface area contributed by atoms with Gasteiger partial charge in [-0.25, -0.2) is 0 Å². The number of hydrogen-bond acceptors (Lipinski definition) is 2. The van der Waals surface area contributed by atoms with E-state index in [4.69, 9.17) is 9.47 Å². The van der Waals surface area contributed by atoms with Crippen LogP contribution in [0.5, 0.6) is 11.5 Å². The number of alkyl halides is 2. The lowest BCUT2D eigenvalue weighted by Gasteiger charge is -2.31. The summed E-state index contributed by atoms with van der Waals surface area (Å²) in [6.45, 7) is 7.88. The van der Waals surface area contributed by atoms with Gasteiger partial charge in [0, 0.05) is 10.7 Å². The van der Waals surface area contributed by atoms with Crippen molar-refractivity contribution in [2.24, 2.45) is 11.3 Å². The van der Waals surface area contributed by atoms with Gasteiger partial charge in [-0.3, -0.25) is 0 Å². The van der Waals surface area contributed by atoms with Gasteiger partial charge >= 0.3 is 0 Å². The van der Waals surface area contributed by atoms with Crippen molar-refractivity contribution < 1.29 is 9.47 Å². The lowest BCUT2D eigenvalue weighted by molar-refractivity contribution is 0.203. The Balaban J connectivity index is 2.62. The van der Waals surface area contributed by atoms with Crippen molar-refractivity contribution in [3.63, 3.8) is 0 Å². The van der Waals surface area contributed by atoms with Crippen LogP contribution in [0.4, 0.5) is 0 Å². The van der Waals surface area contributed by atoms with Crippen LogP contribution in [-0.2, 0) is 0 Å². The first-order chi connectivity index (χ1) is 10.1. The summed E-state index contributed by atoms with van der Waals surface area (Å²) >= 11 is 7.35. The van der Waals surface area contributed by atoms with Crippen LogP contribution in [0.15, 0.2) is 24.3 Å². The average Bonchev–Trinajstić information content (AvgIpc) is 2.48. The van der Waals surface area contributed by atoms with Crippen LogP contribution in [0.2, 0.25) is 0 Å². The molecule has 0 saturated heterocycles. The molecule has 0 N–H and O–H groups in total. The van der Waals surface area contributed by atoms with E-state index < -0.39 is 0 Å². The topological polar surface area (TPSA) is 18.5 Å². The fourth-order valence-corrected chi connectivity index (χ4v) is 4.42. The molecule has 1 aromatic rings. The first-order valence-corrected chi connectivity index (χ1v) is 9.77. The minimum Gasteiger partial charge on any atom is -0.490 e. The lowest BCUT2D eigenvalue weighted by Crippen LogP contribution is -2.29. The second-order valence-corrected chi connectivity index (χ2v) is 6.96. The summed E-state index contributed by atoms with van der Waals surface area (Å²) in [4.78, 5) is 0. The second kappa shape index (κ2) is 9.73. The van der Waals surface area contributed by atoms with Crippen LogP contribution in [-0.4, -0.2) is 23.9 Å². The number of rotatable bonds is 10. The lowest BCUT2D eigenvalue weighted by atomic mass is 9.81. The molecular formula is C17H26Br2O2. The number of benzene rings is 1. The van der Waals surface area contributed by atoms with Crippen molar-refractivity contribution in [1.82, 2.24) is 0 Å². The third-order valence-electron chi connectivity index (χ3n) is 3.45. The molecule has 4 heteroatoms. The summed E-state index contributed by atoms with van der Waals surface area (Å²) in [5.41, 5.74) is 0.245. The van der Waals surface area contributed by atoms with E-state index in [1.807, 2.05) is 31.2 Å². The van der Waals surface area contributed by atoms with Crippen molar-refractivity contribution in [1.29, 1.82) is 0 Å². The fraction of sp³-hybridized carbons (Fsp3) is 0.647. The molecule has 0 atom stereocenters. The first-order valence-electron chi connectivity index (χ1n) is 7.53. The van der Waals surface area contributed by atoms with E-state index in [2.05, 4.69) is 45.7 Å². The number of ether oxygens (including phenoxy) is 2. The molecule has 2 nitrogen and oxygen atoms in total. The molecule has 0 aromatic heterocycles. The molecule has 0 radical (unpaired) electrons. The van der Waals surface area contributed by atoms with Crippen LogP contribution in [0.3, 0.4) is 0 Å². The van der Waals surface area contributed by atoms with Gasteiger partial charge in [0.1, 0.15) is 0 Å². The predicted octanol–water partition coefficient (Wildman–Crippen LogP) is 5.68. The maximum Gasteiger partial charge on any atom is 0.161 e. The van der Waals surface area contributed by atoms with Gasteiger partial charge in [-0.1, -0.05) is 57.8 Å². The van der Waals surface area contributed by atoms with E-state index in [-0.39, 0.29) is 5.41 Å². The smallest absolute Gasteiger partial charge is 0.161 e. The molecule has 1 rings (SSSR count). The van der Waals surface area contributed by atoms with Crippen molar-refractivity contribution in [2.75, 3.05) is 23.9 Å². The predicted molar refractivity (Wildman–Crippen MR) is 97.2 cm³/mol. The molecule has 0 fully saturated rings. The highest BCUT2D eigenvalue weighted by atomic mass is 79.9. The Bertz CT molecular complexity index is 404. The van der Waals surface area contributed by atoms with Crippen LogP contribution in [0.1, 0.15) is 33.6 Å². The largest absolute Gasteiger partial charge is 0.490 e. The SMILES string of the molecule is CCOc1ccccc1OCCC(CBr)(CBr)CC(C)C. The molecule has 0 unspecified atom stereocenters. The van der Waals surface area contributed by atoms with Gasteiger partial charge in [0.05, 0.1) is 13.2 Å². The summed E-state index contributed by atoms with van der Waals surface area (Å²) in [7, 11) is 0. The summed E-state index contributed by atoms with van der Waals surface area (Å²) in [6, 6.07) is 7.87. The van der Waals surface area contributed by atoms with Gasteiger partial charge < -0.3 is 9.47 Å². The zero-order valence-corrected chi connectivity index (χ0v) is 16.4. The van der Waals surface area contributed by atoms with Gasteiger partial charge in [-0.2, -0.15) is 0 Å². The number of hydrogen-bond donors (Lipinski definition) is 0. The van der Waals surface area contributed by atoms with Gasteiger partial charge in [-0.05, 0) is 43.2 Å². The van der Waals surface area contributed by atoms with E-state index in [1.54, 1.807) is 0 Å². The molecule has 0 aliphatic carbocycles. The molecule has 0 bridgehead atoms. The van der Waals surface area contributed by atoms with E-state index in [9.17, 15) is 0 Å². The normalized spacial score (nSPS) is 11.7. The van der Waals surface area contributed by atoms with Crippen LogP contribution in [0.25, 0.3) is 0 Å². The second-order valence-electron chi connectivity index (χ2n) is 5.84. The maximum absolute atomic E-state index is 5.96. The third-order valence-corrected chi connectivity index (χ3v) is 5.83. The molecule has 0 spiro atoms. The van der Waals surface area contributed by atoms with E-state index in [0.29, 0.717) is 19.1 Å². The monoisotopic (exact) mass is 420 g/mol. The number of para-hydroxylation sites is 2. The van der Waals surface area contributed by atoms with Crippen molar-refractivity contribution >= 4 is 31.9 Å². The number of halogens is 2. The molecular weight excluding hydrogens is 396 g/mol. The van der Waals surface area contributed by atoms with E-state index in [1.165, 1.54) is 6.42 Å². The Morgan fingerprint density at radius 2 is 1.62 bits per heavy atom. The molecule has 0 heterocycles. The minimum atomic E-state index is 0.245. The molecule has 0 amide bonds. The van der Waals surface area contributed by atoms with Crippen molar-refractivity contribution in [3.05, 3.63) is 24.3 Å². The molecule has 0 aliphatic heterocycles.